The van der Waals surface area contributed by atoms with Gasteiger partial charge in [-0.2, -0.15) is 0 Å². The van der Waals surface area contributed by atoms with Gasteiger partial charge in [0.15, 0.2) is 0 Å². The lowest BCUT2D eigenvalue weighted by Crippen LogP contribution is -2.46. The van der Waals surface area contributed by atoms with E-state index < -0.39 is 6.09 Å². The Labute approximate surface area is 141 Å². The molecule has 2 amide bonds. The van der Waals surface area contributed by atoms with Crippen LogP contribution in [0.2, 0.25) is 0 Å². The molecular weight excluding hydrogens is 312 g/mol. The molecule has 0 radical (unpaired) electrons. The number of likely N-dealkylation sites (tertiary alicyclic amines) is 1. The van der Waals surface area contributed by atoms with E-state index in [4.69, 9.17) is 9.47 Å². The van der Waals surface area contributed by atoms with Gasteiger partial charge in [-0.3, -0.25) is 4.79 Å². The van der Waals surface area contributed by atoms with Gasteiger partial charge in [-0.15, -0.1) is 0 Å². The van der Waals surface area contributed by atoms with Gasteiger partial charge in [0.2, 0.25) is 5.91 Å². The summed E-state index contributed by atoms with van der Waals surface area (Å²) in [7, 11) is 2.89. The van der Waals surface area contributed by atoms with Crippen LogP contribution in [-0.4, -0.2) is 57.4 Å². The normalized spacial score (nSPS) is 17.1. The van der Waals surface area contributed by atoms with Gasteiger partial charge in [0.25, 0.3) is 0 Å². The van der Waals surface area contributed by atoms with E-state index in [0.717, 1.165) is 24.3 Å². The molecule has 1 aromatic rings. The molecule has 1 aromatic carbocycles. The Morgan fingerprint density at radius 2 is 1.92 bits per heavy atom. The van der Waals surface area contributed by atoms with Crippen molar-refractivity contribution in [3.05, 3.63) is 24.3 Å². The SMILES string of the molecule is COC(=O)NCC(=O)N1CCC[C@@H](COc2ccc(OC)cc2)C1. The predicted octanol–water partition coefficient (Wildman–Crippen LogP) is 1.67. The fourth-order valence-electron chi connectivity index (χ4n) is 2.65. The summed E-state index contributed by atoms with van der Waals surface area (Å²) >= 11 is 0. The van der Waals surface area contributed by atoms with Crippen molar-refractivity contribution in [1.82, 2.24) is 10.2 Å². The molecule has 132 valence electrons. The molecule has 1 saturated heterocycles. The summed E-state index contributed by atoms with van der Waals surface area (Å²) < 4.78 is 15.4. The minimum Gasteiger partial charge on any atom is -0.497 e. The third-order valence-corrected chi connectivity index (χ3v) is 3.99. The molecule has 7 heteroatoms. The van der Waals surface area contributed by atoms with Gasteiger partial charge in [0.05, 0.1) is 20.8 Å². The van der Waals surface area contributed by atoms with Crippen LogP contribution in [0.3, 0.4) is 0 Å². The van der Waals surface area contributed by atoms with Crippen molar-refractivity contribution in [2.75, 3.05) is 40.5 Å². The number of carbonyl (C=O) groups is 2. The molecule has 24 heavy (non-hydrogen) atoms. The standard InChI is InChI=1S/C17H24N2O5/c1-22-14-5-7-15(8-6-14)24-12-13-4-3-9-19(11-13)16(20)10-18-17(21)23-2/h5-8,13H,3-4,9-12H2,1-2H3,(H,18,21)/t13-/m1/s1. The van der Waals surface area contributed by atoms with E-state index in [9.17, 15) is 9.59 Å². The van der Waals surface area contributed by atoms with E-state index in [1.165, 1.54) is 7.11 Å². The number of benzene rings is 1. The number of nitrogens with zero attached hydrogens (tertiary/aromatic N) is 1. The first kappa shape index (κ1) is 17.9. The fourth-order valence-corrected chi connectivity index (χ4v) is 2.65. The average Bonchev–Trinajstić information content (AvgIpc) is 2.64. The molecule has 0 unspecified atom stereocenters. The lowest BCUT2D eigenvalue weighted by molar-refractivity contribution is -0.132. The van der Waals surface area contributed by atoms with Crippen LogP contribution < -0.4 is 14.8 Å². The Kier molecular flexibility index (Phi) is 6.72. The predicted molar refractivity (Wildman–Crippen MR) is 88.2 cm³/mol. The zero-order valence-corrected chi connectivity index (χ0v) is 14.1. The molecule has 0 aromatic heterocycles. The van der Waals surface area contributed by atoms with Crippen molar-refractivity contribution in [2.24, 2.45) is 5.92 Å². The number of piperidine rings is 1. The zero-order chi connectivity index (χ0) is 17.4. The van der Waals surface area contributed by atoms with Crippen molar-refractivity contribution in [3.63, 3.8) is 0 Å². The summed E-state index contributed by atoms with van der Waals surface area (Å²) in [5.41, 5.74) is 0. The van der Waals surface area contributed by atoms with E-state index in [1.807, 2.05) is 24.3 Å². The number of rotatable bonds is 6. The fraction of sp³-hybridized carbons (Fsp3) is 0.529. The van der Waals surface area contributed by atoms with Crippen LogP contribution in [0.25, 0.3) is 0 Å². The average molecular weight is 336 g/mol. The number of amides is 2. The van der Waals surface area contributed by atoms with Gasteiger partial charge < -0.3 is 24.4 Å². The molecule has 1 aliphatic heterocycles. The van der Waals surface area contributed by atoms with Gasteiger partial charge in [-0.25, -0.2) is 4.79 Å². The molecule has 1 aliphatic rings. The molecule has 7 nitrogen and oxygen atoms in total. The molecule has 0 spiro atoms. The topological polar surface area (TPSA) is 77.1 Å². The van der Waals surface area contributed by atoms with Crippen molar-refractivity contribution >= 4 is 12.0 Å². The minimum atomic E-state index is -0.597. The molecule has 1 heterocycles. The Balaban J connectivity index is 1.77. The largest absolute Gasteiger partial charge is 0.497 e. The summed E-state index contributed by atoms with van der Waals surface area (Å²) in [6.07, 6.45) is 1.35. The number of alkyl carbamates (subject to hydrolysis) is 1. The maximum absolute atomic E-state index is 12.1. The first-order chi connectivity index (χ1) is 11.6. The summed E-state index contributed by atoms with van der Waals surface area (Å²) in [5.74, 6) is 1.75. The van der Waals surface area contributed by atoms with Crippen molar-refractivity contribution < 1.29 is 23.8 Å². The molecule has 1 fully saturated rings. The van der Waals surface area contributed by atoms with Crippen LogP contribution in [0.5, 0.6) is 11.5 Å². The van der Waals surface area contributed by atoms with Crippen molar-refractivity contribution in [2.45, 2.75) is 12.8 Å². The maximum Gasteiger partial charge on any atom is 0.407 e. The van der Waals surface area contributed by atoms with Gasteiger partial charge in [-0.05, 0) is 37.1 Å². The van der Waals surface area contributed by atoms with Gasteiger partial charge in [-0.1, -0.05) is 0 Å². The second-order valence-corrected chi connectivity index (χ2v) is 5.68. The van der Waals surface area contributed by atoms with Crippen molar-refractivity contribution in [3.8, 4) is 11.5 Å². The second kappa shape index (κ2) is 9.00. The second-order valence-electron chi connectivity index (χ2n) is 5.68. The molecule has 0 bridgehead atoms. The number of hydrogen-bond acceptors (Lipinski definition) is 5. The van der Waals surface area contributed by atoms with E-state index >= 15 is 0 Å². The van der Waals surface area contributed by atoms with Crippen LogP contribution in [0, 0.1) is 5.92 Å². The lowest BCUT2D eigenvalue weighted by Gasteiger charge is -2.32. The number of methoxy groups -OCH3 is 2. The monoisotopic (exact) mass is 336 g/mol. The summed E-state index contributed by atoms with van der Waals surface area (Å²) in [4.78, 5) is 24.9. The molecule has 0 saturated carbocycles. The molecule has 1 atom stereocenters. The van der Waals surface area contributed by atoms with Crippen molar-refractivity contribution in [1.29, 1.82) is 0 Å². The first-order valence-corrected chi connectivity index (χ1v) is 7.99. The third-order valence-electron chi connectivity index (χ3n) is 3.99. The Morgan fingerprint density at radius 3 is 2.58 bits per heavy atom. The van der Waals surface area contributed by atoms with E-state index in [-0.39, 0.29) is 18.4 Å². The van der Waals surface area contributed by atoms with Crippen LogP contribution in [0.4, 0.5) is 4.79 Å². The summed E-state index contributed by atoms with van der Waals surface area (Å²) in [5, 5.41) is 2.42. The quantitative estimate of drug-likeness (QED) is 0.855. The number of carbonyl (C=O) groups excluding carboxylic acids is 2. The highest BCUT2D eigenvalue weighted by molar-refractivity contribution is 5.82. The van der Waals surface area contributed by atoms with Gasteiger partial charge >= 0.3 is 6.09 Å². The Hall–Kier alpha value is -2.44. The summed E-state index contributed by atoms with van der Waals surface area (Å²) in [6, 6.07) is 7.44. The van der Waals surface area contributed by atoms with Gasteiger partial charge in [0.1, 0.15) is 18.0 Å². The van der Waals surface area contributed by atoms with E-state index in [2.05, 4.69) is 10.1 Å². The van der Waals surface area contributed by atoms with Crippen LogP contribution in [-0.2, 0) is 9.53 Å². The first-order valence-electron chi connectivity index (χ1n) is 7.99. The number of hydrogen-bond donors (Lipinski definition) is 1. The third kappa shape index (κ3) is 5.33. The highest BCUT2D eigenvalue weighted by Crippen LogP contribution is 2.21. The molecule has 0 aliphatic carbocycles. The molecule has 1 N–H and O–H groups in total. The Bertz CT molecular complexity index is 546. The van der Waals surface area contributed by atoms with Gasteiger partial charge in [0, 0.05) is 19.0 Å². The van der Waals surface area contributed by atoms with E-state index in [0.29, 0.717) is 19.7 Å². The number of ether oxygens (including phenoxy) is 3. The highest BCUT2D eigenvalue weighted by atomic mass is 16.5. The minimum absolute atomic E-state index is 0.0429. The number of nitrogens with one attached hydrogen (secondary N) is 1. The van der Waals surface area contributed by atoms with Crippen LogP contribution in [0.1, 0.15) is 12.8 Å². The lowest BCUT2D eigenvalue weighted by atomic mass is 9.99. The Morgan fingerprint density at radius 1 is 1.21 bits per heavy atom. The highest BCUT2D eigenvalue weighted by Gasteiger charge is 2.24. The van der Waals surface area contributed by atoms with Crippen LogP contribution in [0.15, 0.2) is 24.3 Å². The maximum atomic E-state index is 12.1. The van der Waals surface area contributed by atoms with E-state index in [1.54, 1.807) is 12.0 Å². The summed E-state index contributed by atoms with van der Waals surface area (Å²) in [6.45, 7) is 1.86. The van der Waals surface area contributed by atoms with Crippen LogP contribution >= 0.6 is 0 Å². The molecule has 2 rings (SSSR count). The molecular formula is C17H24N2O5. The zero-order valence-electron chi connectivity index (χ0n) is 14.1. The smallest absolute Gasteiger partial charge is 0.407 e.